The van der Waals surface area contributed by atoms with Crippen LogP contribution in [0.4, 0.5) is 0 Å². The number of aliphatic hydroxyl groups is 1. The molecule has 0 heterocycles. The summed E-state index contributed by atoms with van der Waals surface area (Å²) in [5.41, 5.74) is 0. The van der Waals surface area contributed by atoms with Crippen LogP contribution in [0.5, 0.6) is 0 Å². The summed E-state index contributed by atoms with van der Waals surface area (Å²) in [6.07, 6.45) is -4.00. The number of hydrogen-bond donors (Lipinski definition) is 2. The molecule has 0 aromatic heterocycles. The first-order chi connectivity index (χ1) is 3.89. The molecule has 0 aromatic rings. The van der Waals surface area contributed by atoms with Gasteiger partial charge in [-0.25, -0.2) is 0 Å². The maximum Gasteiger partial charge on any atom is 0.305 e. The molecule has 0 aliphatic carbocycles. The van der Waals surface area contributed by atoms with Crippen LogP contribution in [0, 0.1) is 0 Å². The Balaban J connectivity index is 0. The van der Waals surface area contributed by atoms with Gasteiger partial charge >= 0.3 is 5.97 Å². The van der Waals surface area contributed by atoms with E-state index >= 15 is 0 Å². The molecule has 2 N–H and O–H groups in total. The first-order valence-electron chi connectivity index (χ1n) is 2.80. The zero-order valence-corrected chi connectivity index (χ0v) is 6.88. The second kappa shape index (κ2) is 5.56. The Hall–Kier alpha value is 0.430. The SMILES string of the molecule is [2H]C([2H])(C(=O)O)C(C)O.[Na]. The smallest absolute Gasteiger partial charge is 0.305 e. The molecule has 0 rings (SSSR count). The van der Waals surface area contributed by atoms with Crippen LogP contribution in [-0.2, 0) is 4.79 Å². The van der Waals surface area contributed by atoms with Gasteiger partial charge in [0, 0.05) is 32.3 Å². The van der Waals surface area contributed by atoms with E-state index in [2.05, 4.69) is 0 Å². The number of aliphatic carboxylic acids is 1. The molecule has 1 radical (unpaired) electrons. The molecule has 0 spiro atoms. The Morgan fingerprint density at radius 2 is 2.38 bits per heavy atom. The van der Waals surface area contributed by atoms with E-state index in [1.54, 1.807) is 0 Å². The summed E-state index contributed by atoms with van der Waals surface area (Å²) in [7, 11) is 0. The van der Waals surface area contributed by atoms with Crippen LogP contribution in [0.15, 0.2) is 0 Å². The largest absolute Gasteiger partial charge is 0.481 e. The Labute approximate surface area is 72.8 Å². The molecule has 0 aliphatic heterocycles. The van der Waals surface area contributed by atoms with Crippen LogP contribution in [0.1, 0.15) is 16.0 Å². The van der Waals surface area contributed by atoms with E-state index in [1.165, 1.54) is 0 Å². The fraction of sp³-hybridized carbons (Fsp3) is 0.750. The Bertz CT molecular complexity index is 126. The van der Waals surface area contributed by atoms with Crippen molar-refractivity contribution in [1.29, 1.82) is 0 Å². The van der Waals surface area contributed by atoms with Crippen molar-refractivity contribution in [1.82, 2.24) is 0 Å². The second-order valence-electron chi connectivity index (χ2n) is 1.13. The van der Waals surface area contributed by atoms with Gasteiger partial charge in [0.25, 0.3) is 0 Å². The van der Waals surface area contributed by atoms with E-state index < -0.39 is 18.4 Å². The van der Waals surface area contributed by atoms with Crippen molar-refractivity contribution in [2.45, 2.75) is 19.4 Å². The minimum atomic E-state index is -2.53. The summed E-state index contributed by atoms with van der Waals surface area (Å²) in [6.45, 7) is 1.09. The monoisotopic (exact) mass is 129 g/mol. The minimum Gasteiger partial charge on any atom is -0.481 e. The normalized spacial score (nSPS) is 17.2. The van der Waals surface area contributed by atoms with Crippen molar-refractivity contribution in [3.8, 4) is 0 Å². The van der Waals surface area contributed by atoms with Crippen molar-refractivity contribution < 1.29 is 17.7 Å². The summed E-state index contributed by atoms with van der Waals surface area (Å²) in [4.78, 5) is 9.93. The van der Waals surface area contributed by atoms with Gasteiger partial charge in [-0.1, -0.05) is 0 Å². The fourth-order valence-corrected chi connectivity index (χ4v) is 0.179. The number of carbonyl (C=O) groups is 1. The summed E-state index contributed by atoms with van der Waals surface area (Å²) in [5.74, 6) is -1.64. The first-order valence-corrected chi connectivity index (χ1v) is 1.80. The summed E-state index contributed by atoms with van der Waals surface area (Å²) >= 11 is 0. The number of hydrogen-bond acceptors (Lipinski definition) is 2. The number of carboxylic acids is 1. The van der Waals surface area contributed by atoms with Gasteiger partial charge in [-0.05, 0) is 6.92 Å². The van der Waals surface area contributed by atoms with Crippen LogP contribution in [0.25, 0.3) is 0 Å². The van der Waals surface area contributed by atoms with Gasteiger partial charge in [0.05, 0.1) is 12.5 Å². The molecule has 4 heteroatoms. The molecule has 0 aromatic carbocycles. The zero-order chi connectivity index (χ0) is 7.65. The van der Waals surface area contributed by atoms with E-state index in [0.717, 1.165) is 6.92 Å². The molecule has 1 unspecified atom stereocenters. The molecule has 0 amide bonds. The maximum absolute atomic E-state index is 9.93. The minimum absolute atomic E-state index is 0. The van der Waals surface area contributed by atoms with E-state index in [-0.39, 0.29) is 29.6 Å². The predicted molar refractivity (Wildman–Crippen MR) is 29.7 cm³/mol. The van der Waals surface area contributed by atoms with Crippen LogP contribution in [-0.4, -0.2) is 51.8 Å². The van der Waals surface area contributed by atoms with Crippen LogP contribution >= 0.6 is 0 Å². The average Bonchev–Trinajstić information content (AvgIpc) is 1.65. The summed E-state index contributed by atoms with van der Waals surface area (Å²) in [6, 6.07) is 0. The molecule has 0 fully saturated rings. The van der Waals surface area contributed by atoms with E-state index in [9.17, 15) is 4.79 Å². The standard InChI is InChI=1S/C4H8O3.Na/c1-3(5)2-4(6)7;/h3,5H,2H2,1H3,(H,6,7);/i2D2;. The third-order valence-corrected chi connectivity index (χ3v) is 0.332. The molecule has 3 nitrogen and oxygen atoms in total. The number of aliphatic hydroxyl groups excluding tert-OH is 1. The van der Waals surface area contributed by atoms with Crippen LogP contribution in [0.2, 0.25) is 0 Å². The Morgan fingerprint density at radius 3 is 2.38 bits per heavy atom. The average molecular weight is 129 g/mol. The van der Waals surface area contributed by atoms with Crippen molar-refractivity contribution in [2.24, 2.45) is 0 Å². The third-order valence-electron chi connectivity index (χ3n) is 0.332. The van der Waals surface area contributed by atoms with Gasteiger partial charge in [-0.3, -0.25) is 4.79 Å². The molecule has 0 bridgehead atoms. The third kappa shape index (κ3) is 9.66. The molecule has 8 heavy (non-hydrogen) atoms. The van der Waals surface area contributed by atoms with Crippen LogP contribution in [0.3, 0.4) is 0 Å². The van der Waals surface area contributed by atoms with Crippen molar-refractivity contribution >= 4 is 35.5 Å². The summed E-state index contributed by atoms with van der Waals surface area (Å²) in [5, 5.41) is 16.6. The van der Waals surface area contributed by atoms with E-state index in [1.807, 2.05) is 0 Å². The van der Waals surface area contributed by atoms with Crippen LogP contribution < -0.4 is 0 Å². The van der Waals surface area contributed by atoms with Gasteiger partial charge in [0.15, 0.2) is 0 Å². The van der Waals surface area contributed by atoms with Gasteiger partial charge in [0.1, 0.15) is 0 Å². The molecule has 0 saturated carbocycles. The predicted octanol–water partition coefficient (Wildman–Crippen LogP) is -0.539. The molecule has 0 saturated heterocycles. The summed E-state index contributed by atoms with van der Waals surface area (Å²) < 4.78 is 13.3. The molecule has 43 valence electrons. The molecule has 0 aliphatic rings. The molecule has 1 atom stereocenters. The zero-order valence-electron chi connectivity index (χ0n) is 6.88. The van der Waals surface area contributed by atoms with Gasteiger partial charge in [-0.15, -0.1) is 0 Å². The number of carboxylic acid groups (broad SMARTS) is 1. The topological polar surface area (TPSA) is 57.5 Å². The van der Waals surface area contributed by atoms with E-state index in [4.69, 9.17) is 13.0 Å². The van der Waals surface area contributed by atoms with Gasteiger partial charge in [0.2, 0.25) is 0 Å². The van der Waals surface area contributed by atoms with E-state index in [0.29, 0.717) is 0 Å². The van der Waals surface area contributed by atoms with Gasteiger partial charge in [-0.2, -0.15) is 0 Å². The fourth-order valence-electron chi connectivity index (χ4n) is 0.179. The first kappa shape index (κ1) is 6.55. The Morgan fingerprint density at radius 1 is 2.00 bits per heavy atom. The van der Waals surface area contributed by atoms with Crippen molar-refractivity contribution in [3.05, 3.63) is 0 Å². The maximum atomic E-state index is 9.93. The molecular formula is C4H8NaO3. The second-order valence-corrected chi connectivity index (χ2v) is 1.13. The van der Waals surface area contributed by atoms with Crippen molar-refractivity contribution in [2.75, 3.05) is 0 Å². The van der Waals surface area contributed by atoms with Crippen molar-refractivity contribution in [3.63, 3.8) is 0 Å². The molecular weight excluding hydrogens is 119 g/mol. The quantitative estimate of drug-likeness (QED) is 0.492. The number of rotatable bonds is 2. The Kier molecular flexibility index (Phi) is 4.56. The van der Waals surface area contributed by atoms with Gasteiger partial charge < -0.3 is 10.2 Å².